The summed E-state index contributed by atoms with van der Waals surface area (Å²) in [6.45, 7) is 2.72. The van der Waals surface area contributed by atoms with Gasteiger partial charge < -0.3 is 10.0 Å². The van der Waals surface area contributed by atoms with Crippen molar-refractivity contribution in [3.8, 4) is 0 Å². The first-order chi connectivity index (χ1) is 7.75. The molecule has 4 heteroatoms. The molecular formula is C12H20N2O2. The van der Waals surface area contributed by atoms with Crippen molar-refractivity contribution in [2.24, 2.45) is 0 Å². The topological polar surface area (TPSA) is 43.8 Å². The molecule has 0 radical (unpaired) electrons. The van der Waals surface area contributed by atoms with Crippen molar-refractivity contribution in [3.05, 3.63) is 0 Å². The average molecular weight is 224 g/mol. The van der Waals surface area contributed by atoms with Crippen LogP contribution in [0.2, 0.25) is 0 Å². The Bertz CT molecular complexity index is 283. The predicted molar refractivity (Wildman–Crippen MR) is 60.0 cm³/mol. The van der Waals surface area contributed by atoms with Crippen LogP contribution in [0.1, 0.15) is 32.1 Å². The van der Waals surface area contributed by atoms with E-state index >= 15 is 0 Å². The largest absolute Gasteiger partial charge is 0.393 e. The lowest BCUT2D eigenvalue weighted by Crippen LogP contribution is -2.47. The van der Waals surface area contributed by atoms with Gasteiger partial charge in [-0.05, 0) is 32.1 Å². The van der Waals surface area contributed by atoms with E-state index in [1.807, 2.05) is 0 Å². The molecule has 4 nitrogen and oxygen atoms in total. The molecule has 3 fully saturated rings. The number of hydrogen-bond donors (Lipinski definition) is 1. The van der Waals surface area contributed by atoms with Crippen molar-refractivity contribution in [1.29, 1.82) is 0 Å². The summed E-state index contributed by atoms with van der Waals surface area (Å²) in [4.78, 5) is 16.5. The monoisotopic (exact) mass is 224 g/mol. The van der Waals surface area contributed by atoms with E-state index in [-0.39, 0.29) is 12.1 Å². The SMILES string of the molecule is O=C1C(N2CCC(O)CC2)CCN1C1CC1. The van der Waals surface area contributed by atoms with Crippen LogP contribution in [-0.4, -0.2) is 58.6 Å². The molecule has 0 aromatic rings. The van der Waals surface area contributed by atoms with E-state index in [1.165, 1.54) is 12.8 Å². The number of carbonyl (C=O) groups excluding carboxylic acids is 1. The zero-order valence-electron chi connectivity index (χ0n) is 9.64. The van der Waals surface area contributed by atoms with Crippen LogP contribution in [0.4, 0.5) is 0 Å². The van der Waals surface area contributed by atoms with Crippen molar-refractivity contribution in [2.75, 3.05) is 19.6 Å². The fourth-order valence-electron chi connectivity index (χ4n) is 2.97. The molecule has 1 atom stereocenters. The first-order valence-corrected chi connectivity index (χ1v) is 6.48. The third-order valence-corrected chi connectivity index (χ3v) is 4.14. The van der Waals surface area contributed by atoms with Crippen molar-refractivity contribution in [2.45, 2.75) is 50.3 Å². The molecule has 0 spiro atoms. The zero-order chi connectivity index (χ0) is 11.1. The molecule has 1 N–H and O–H groups in total. The van der Waals surface area contributed by atoms with Gasteiger partial charge in [-0.1, -0.05) is 0 Å². The minimum atomic E-state index is -0.146. The third-order valence-electron chi connectivity index (χ3n) is 4.14. The molecule has 0 aromatic carbocycles. The summed E-state index contributed by atoms with van der Waals surface area (Å²) in [5, 5.41) is 9.46. The second-order valence-electron chi connectivity index (χ2n) is 5.33. The van der Waals surface area contributed by atoms with Crippen LogP contribution < -0.4 is 0 Å². The predicted octanol–water partition coefficient (Wildman–Crippen LogP) is 0.206. The Morgan fingerprint density at radius 3 is 2.31 bits per heavy atom. The van der Waals surface area contributed by atoms with Gasteiger partial charge in [0.1, 0.15) is 0 Å². The lowest BCUT2D eigenvalue weighted by molar-refractivity contribution is -0.133. The molecule has 3 rings (SSSR count). The summed E-state index contributed by atoms with van der Waals surface area (Å²) in [6, 6.07) is 0.681. The van der Waals surface area contributed by atoms with Crippen LogP contribution in [0.3, 0.4) is 0 Å². The van der Waals surface area contributed by atoms with Gasteiger partial charge in [-0.25, -0.2) is 0 Å². The van der Waals surface area contributed by atoms with E-state index in [9.17, 15) is 9.90 Å². The molecule has 2 heterocycles. The Labute approximate surface area is 96.2 Å². The van der Waals surface area contributed by atoms with E-state index < -0.39 is 0 Å². The molecule has 90 valence electrons. The molecule has 1 amide bonds. The summed E-state index contributed by atoms with van der Waals surface area (Å²) in [7, 11) is 0. The highest BCUT2D eigenvalue weighted by Crippen LogP contribution is 2.32. The summed E-state index contributed by atoms with van der Waals surface area (Å²) >= 11 is 0. The minimum absolute atomic E-state index is 0.119. The Morgan fingerprint density at radius 2 is 1.69 bits per heavy atom. The summed E-state index contributed by atoms with van der Waals surface area (Å²) < 4.78 is 0. The average Bonchev–Trinajstić information content (AvgIpc) is 3.05. The second-order valence-corrected chi connectivity index (χ2v) is 5.33. The van der Waals surface area contributed by atoms with E-state index in [1.54, 1.807) is 0 Å². The number of rotatable bonds is 2. The highest BCUT2D eigenvalue weighted by atomic mass is 16.3. The maximum Gasteiger partial charge on any atom is 0.240 e. The van der Waals surface area contributed by atoms with Gasteiger partial charge in [0.25, 0.3) is 0 Å². The van der Waals surface area contributed by atoms with Gasteiger partial charge in [0, 0.05) is 25.7 Å². The van der Waals surface area contributed by atoms with Crippen LogP contribution in [0.5, 0.6) is 0 Å². The van der Waals surface area contributed by atoms with Gasteiger partial charge in [0.2, 0.25) is 5.91 Å². The number of nitrogens with zero attached hydrogens (tertiary/aromatic N) is 2. The van der Waals surface area contributed by atoms with Gasteiger partial charge in [0.15, 0.2) is 0 Å². The van der Waals surface area contributed by atoms with Gasteiger partial charge in [-0.3, -0.25) is 9.69 Å². The zero-order valence-corrected chi connectivity index (χ0v) is 9.64. The van der Waals surface area contributed by atoms with Gasteiger partial charge in [-0.2, -0.15) is 0 Å². The summed E-state index contributed by atoms with van der Waals surface area (Å²) in [6.07, 6.45) is 4.91. The molecule has 2 saturated heterocycles. The number of hydrogen-bond acceptors (Lipinski definition) is 3. The van der Waals surface area contributed by atoms with E-state index in [0.717, 1.165) is 38.9 Å². The molecule has 0 aromatic heterocycles. The quantitative estimate of drug-likeness (QED) is 0.729. The number of likely N-dealkylation sites (tertiary alicyclic amines) is 2. The number of aliphatic hydroxyl groups excluding tert-OH is 1. The van der Waals surface area contributed by atoms with Gasteiger partial charge >= 0.3 is 0 Å². The molecule has 1 aliphatic carbocycles. The Kier molecular flexibility index (Phi) is 2.64. The highest BCUT2D eigenvalue weighted by Gasteiger charge is 2.42. The molecule has 1 unspecified atom stereocenters. The Morgan fingerprint density at radius 1 is 1.00 bits per heavy atom. The van der Waals surface area contributed by atoms with E-state index in [0.29, 0.717) is 11.9 Å². The third kappa shape index (κ3) is 1.84. The van der Waals surface area contributed by atoms with E-state index in [2.05, 4.69) is 9.80 Å². The fraction of sp³-hybridized carbons (Fsp3) is 0.917. The molecule has 3 aliphatic rings. The van der Waals surface area contributed by atoms with Crippen molar-refractivity contribution in [1.82, 2.24) is 9.80 Å². The first-order valence-electron chi connectivity index (χ1n) is 6.48. The highest BCUT2D eigenvalue weighted by molar-refractivity contribution is 5.84. The van der Waals surface area contributed by atoms with Crippen molar-refractivity contribution >= 4 is 5.91 Å². The standard InChI is InChI=1S/C12H20N2O2/c15-10-3-6-13(7-4-10)11-5-8-14(12(11)16)9-1-2-9/h9-11,15H,1-8H2. The maximum atomic E-state index is 12.2. The molecule has 16 heavy (non-hydrogen) atoms. The van der Waals surface area contributed by atoms with Crippen LogP contribution in [0, 0.1) is 0 Å². The van der Waals surface area contributed by atoms with Gasteiger partial charge in [-0.15, -0.1) is 0 Å². The van der Waals surface area contributed by atoms with Crippen LogP contribution in [0.15, 0.2) is 0 Å². The normalized spacial score (nSPS) is 33.7. The number of aliphatic hydroxyl groups is 1. The van der Waals surface area contributed by atoms with Gasteiger partial charge in [0.05, 0.1) is 12.1 Å². The van der Waals surface area contributed by atoms with Crippen LogP contribution in [0.25, 0.3) is 0 Å². The van der Waals surface area contributed by atoms with Crippen LogP contribution in [-0.2, 0) is 4.79 Å². The Hall–Kier alpha value is -0.610. The van der Waals surface area contributed by atoms with Crippen molar-refractivity contribution < 1.29 is 9.90 Å². The van der Waals surface area contributed by atoms with Crippen molar-refractivity contribution in [3.63, 3.8) is 0 Å². The molecule has 1 saturated carbocycles. The first kappa shape index (κ1) is 10.5. The number of piperidine rings is 1. The van der Waals surface area contributed by atoms with E-state index in [4.69, 9.17) is 0 Å². The molecular weight excluding hydrogens is 204 g/mol. The van der Waals surface area contributed by atoms with Crippen LogP contribution >= 0.6 is 0 Å². The maximum absolute atomic E-state index is 12.2. The number of carbonyl (C=O) groups is 1. The Balaban J connectivity index is 1.60. The summed E-state index contributed by atoms with van der Waals surface area (Å²) in [5.41, 5.74) is 0. The fourth-order valence-corrected chi connectivity index (χ4v) is 2.97. The smallest absolute Gasteiger partial charge is 0.240 e. The summed E-state index contributed by atoms with van der Waals surface area (Å²) in [5.74, 6) is 0.346. The number of amides is 1. The second kappa shape index (κ2) is 4.00. The molecule has 0 bridgehead atoms. The molecule has 2 aliphatic heterocycles. The minimum Gasteiger partial charge on any atom is -0.393 e. The lowest BCUT2D eigenvalue weighted by Gasteiger charge is -2.33. The lowest BCUT2D eigenvalue weighted by atomic mass is 10.1.